The van der Waals surface area contributed by atoms with Crippen LogP contribution in [0.3, 0.4) is 0 Å². The summed E-state index contributed by atoms with van der Waals surface area (Å²) in [6.07, 6.45) is 6.30. The summed E-state index contributed by atoms with van der Waals surface area (Å²) < 4.78 is 5.45. The average Bonchev–Trinajstić information content (AvgIpc) is 2.84. The molecular formula is C22H27N7O. The average molecular weight is 406 g/mol. The van der Waals surface area contributed by atoms with E-state index in [2.05, 4.69) is 31.8 Å². The normalized spacial score (nSPS) is 19.4. The number of aryl methyl sites for hydroxylation is 2. The highest BCUT2D eigenvalue weighted by Gasteiger charge is 2.24. The summed E-state index contributed by atoms with van der Waals surface area (Å²) in [5.41, 5.74) is 3.14. The molecule has 0 bridgehead atoms. The number of fused-ring (bicyclic) bond motifs is 1. The van der Waals surface area contributed by atoms with Gasteiger partial charge in [-0.2, -0.15) is 10.2 Å². The first-order valence-corrected chi connectivity index (χ1v) is 10.9. The Morgan fingerprint density at radius 1 is 0.900 bits per heavy atom. The second kappa shape index (κ2) is 8.44. The lowest BCUT2D eigenvalue weighted by atomic mass is 9.95. The van der Waals surface area contributed by atoms with Gasteiger partial charge in [0.1, 0.15) is 17.7 Å². The highest BCUT2D eigenvalue weighted by atomic mass is 16.5. The van der Waals surface area contributed by atoms with Gasteiger partial charge >= 0.3 is 0 Å². The number of rotatable bonds is 3. The van der Waals surface area contributed by atoms with Gasteiger partial charge < -0.3 is 19.4 Å². The summed E-state index contributed by atoms with van der Waals surface area (Å²) in [6.45, 7) is 6.47. The first-order chi connectivity index (χ1) is 14.8. The Labute approximate surface area is 177 Å². The Bertz CT molecular complexity index is 943. The van der Waals surface area contributed by atoms with Gasteiger partial charge in [0.05, 0.1) is 18.8 Å². The molecule has 8 heteroatoms. The third-order valence-electron chi connectivity index (χ3n) is 6.23. The van der Waals surface area contributed by atoms with Crippen molar-refractivity contribution in [1.29, 1.82) is 5.26 Å². The minimum absolute atomic E-state index is 0.703. The fourth-order valence-electron chi connectivity index (χ4n) is 4.52. The van der Waals surface area contributed by atoms with Gasteiger partial charge in [0.2, 0.25) is 5.95 Å². The van der Waals surface area contributed by atoms with Crippen LogP contribution in [0.25, 0.3) is 0 Å². The van der Waals surface area contributed by atoms with Crippen LogP contribution >= 0.6 is 0 Å². The molecule has 0 amide bonds. The maximum absolute atomic E-state index is 9.67. The van der Waals surface area contributed by atoms with Crippen LogP contribution in [0.4, 0.5) is 17.6 Å². The smallest absolute Gasteiger partial charge is 0.227 e. The number of piperazine rings is 1. The monoisotopic (exact) mass is 405 g/mol. The molecule has 2 fully saturated rings. The molecule has 2 saturated heterocycles. The molecule has 0 spiro atoms. The third kappa shape index (κ3) is 3.77. The highest BCUT2D eigenvalue weighted by molar-refractivity contribution is 5.57. The highest BCUT2D eigenvalue weighted by Crippen LogP contribution is 2.27. The van der Waals surface area contributed by atoms with Gasteiger partial charge in [-0.15, -0.1) is 0 Å². The Morgan fingerprint density at radius 3 is 2.47 bits per heavy atom. The molecule has 0 aromatic carbocycles. The van der Waals surface area contributed by atoms with Crippen LogP contribution < -0.4 is 14.7 Å². The Hall–Kier alpha value is -2.92. The second-order valence-corrected chi connectivity index (χ2v) is 8.07. The van der Waals surface area contributed by atoms with E-state index >= 15 is 0 Å². The lowest BCUT2D eigenvalue weighted by Crippen LogP contribution is -2.48. The fraction of sp³-hybridized carbons (Fsp3) is 0.545. The molecule has 1 aliphatic carbocycles. The van der Waals surface area contributed by atoms with Crippen LogP contribution in [0.2, 0.25) is 0 Å². The number of nitriles is 1. The minimum Gasteiger partial charge on any atom is -0.378 e. The predicted octanol–water partition coefficient (Wildman–Crippen LogP) is 1.79. The van der Waals surface area contributed by atoms with E-state index in [9.17, 15) is 5.26 Å². The minimum atomic E-state index is 0.703. The van der Waals surface area contributed by atoms with Crippen molar-refractivity contribution in [1.82, 2.24) is 15.0 Å². The molecule has 2 aromatic heterocycles. The van der Waals surface area contributed by atoms with Gasteiger partial charge in [-0.25, -0.2) is 9.97 Å². The zero-order chi connectivity index (χ0) is 20.3. The number of pyridine rings is 1. The van der Waals surface area contributed by atoms with Crippen molar-refractivity contribution in [3.63, 3.8) is 0 Å². The largest absolute Gasteiger partial charge is 0.378 e. The lowest BCUT2D eigenvalue weighted by Gasteiger charge is -2.36. The molecule has 2 aromatic rings. The molecule has 30 heavy (non-hydrogen) atoms. The van der Waals surface area contributed by atoms with E-state index < -0.39 is 0 Å². The van der Waals surface area contributed by atoms with Gasteiger partial charge in [0, 0.05) is 51.2 Å². The molecule has 2 aliphatic heterocycles. The van der Waals surface area contributed by atoms with E-state index in [1.807, 2.05) is 12.3 Å². The van der Waals surface area contributed by atoms with Crippen molar-refractivity contribution in [2.24, 2.45) is 0 Å². The quantitative estimate of drug-likeness (QED) is 0.765. The number of ether oxygens (including phenoxy) is 1. The fourth-order valence-corrected chi connectivity index (χ4v) is 4.52. The van der Waals surface area contributed by atoms with E-state index in [1.165, 1.54) is 24.1 Å². The number of anilines is 3. The van der Waals surface area contributed by atoms with Gasteiger partial charge in [-0.3, -0.25) is 0 Å². The zero-order valence-corrected chi connectivity index (χ0v) is 17.3. The molecule has 156 valence electrons. The van der Waals surface area contributed by atoms with Crippen LogP contribution in [-0.2, 0) is 17.6 Å². The first kappa shape index (κ1) is 19.1. The van der Waals surface area contributed by atoms with Crippen LogP contribution in [-0.4, -0.2) is 67.4 Å². The molecule has 3 aliphatic rings. The predicted molar refractivity (Wildman–Crippen MR) is 115 cm³/mol. The van der Waals surface area contributed by atoms with E-state index in [0.717, 1.165) is 82.9 Å². The topological polar surface area (TPSA) is 81.4 Å². The van der Waals surface area contributed by atoms with Crippen LogP contribution in [0.15, 0.2) is 18.3 Å². The van der Waals surface area contributed by atoms with Gasteiger partial charge in [-0.1, -0.05) is 0 Å². The molecule has 4 heterocycles. The Kier molecular flexibility index (Phi) is 5.37. The molecule has 0 atom stereocenters. The molecular weight excluding hydrogens is 378 g/mol. The van der Waals surface area contributed by atoms with E-state index in [4.69, 9.17) is 14.7 Å². The lowest BCUT2D eigenvalue weighted by molar-refractivity contribution is 0.122. The van der Waals surface area contributed by atoms with Crippen LogP contribution in [0.1, 0.15) is 29.7 Å². The zero-order valence-electron chi connectivity index (χ0n) is 17.3. The van der Waals surface area contributed by atoms with Crippen LogP contribution in [0.5, 0.6) is 0 Å². The van der Waals surface area contributed by atoms with E-state index in [0.29, 0.717) is 5.56 Å². The molecule has 0 saturated carbocycles. The number of nitrogens with zero attached hydrogens (tertiary/aromatic N) is 7. The summed E-state index contributed by atoms with van der Waals surface area (Å²) in [4.78, 5) is 21.0. The van der Waals surface area contributed by atoms with Crippen molar-refractivity contribution in [3.8, 4) is 6.07 Å². The van der Waals surface area contributed by atoms with Gasteiger partial charge in [-0.05, 0) is 43.4 Å². The molecule has 0 unspecified atom stereocenters. The number of hydrogen-bond acceptors (Lipinski definition) is 8. The third-order valence-corrected chi connectivity index (χ3v) is 6.23. The van der Waals surface area contributed by atoms with Crippen molar-refractivity contribution in [3.05, 3.63) is 35.2 Å². The SMILES string of the molecule is N#Cc1cc2c(nc1N1CCN(c3nccc(N4CCOCC4)n3)CC1)CCCC2. The van der Waals surface area contributed by atoms with E-state index in [-0.39, 0.29) is 0 Å². The van der Waals surface area contributed by atoms with Crippen molar-refractivity contribution in [2.75, 3.05) is 67.2 Å². The Balaban J connectivity index is 1.30. The molecule has 0 radical (unpaired) electrons. The molecule has 0 N–H and O–H groups in total. The first-order valence-electron chi connectivity index (χ1n) is 10.9. The summed E-state index contributed by atoms with van der Waals surface area (Å²) in [5, 5.41) is 9.67. The maximum Gasteiger partial charge on any atom is 0.227 e. The number of aromatic nitrogens is 3. The standard InChI is InChI=1S/C22H27N7O/c23-16-18-15-17-3-1-2-4-19(17)25-21(18)28-7-9-29(10-8-28)22-24-6-5-20(26-22)27-11-13-30-14-12-27/h5-6,15H,1-4,7-14H2. The number of morpholine rings is 1. The summed E-state index contributed by atoms with van der Waals surface area (Å²) >= 11 is 0. The van der Waals surface area contributed by atoms with E-state index in [1.54, 1.807) is 0 Å². The van der Waals surface area contributed by atoms with Crippen molar-refractivity contribution in [2.45, 2.75) is 25.7 Å². The molecule has 5 rings (SSSR count). The second-order valence-electron chi connectivity index (χ2n) is 8.07. The summed E-state index contributed by atoms with van der Waals surface area (Å²) in [6, 6.07) is 6.41. The van der Waals surface area contributed by atoms with Gasteiger partial charge in [0.25, 0.3) is 0 Å². The Morgan fingerprint density at radius 2 is 1.67 bits per heavy atom. The number of hydrogen-bond donors (Lipinski definition) is 0. The maximum atomic E-state index is 9.67. The summed E-state index contributed by atoms with van der Waals surface area (Å²) in [5.74, 6) is 2.59. The van der Waals surface area contributed by atoms with Gasteiger partial charge in [0.15, 0.2) is 0 Å². The van der Waals surface area contributed by atoms with Crippen molar-refractivity contribution < 1.29 is 4.74 Å². The van der Waals surface area contributed by atoms with Crippen LogP contribution in [0, 0.1) is 11.3 Å². The molecule has 8 nitrogen and oxygen atoms in total. The summed E-state index contributed by atoms with van der Waals surface area (Å²) in [7, 11) is 0. The van der Waals surface area contributed by atoms with Crippen molar-refractivity contribution >= 4 is 17.6 Å².